The first kappa shape index (κ1) is 57.4. The number of hydrogen-bond acceptors (Lipinski definition) is 3. The molecular weight excluding hydrogens is 1020 g/mol. The summed E-state index contributed by atoms with van der Waals surface area (Å²) in [6, 6.07) is 56.2. The predicted octanol–water partition coefficient (Wildman–Crippen LogP) is 18.7. The summed E-state index contributed by atoms with van der Waals surface area (Å²) in [4.78, 5) is 8.02. The lowest BCUT2D eigenvalue weighted by molar-refractivity contribution is 0.332. The van der Waals surface area contributed by atoms with E-state index >= 15 is 0 Å². The van der Waals surface area contributed by atoms with Gasteiger partial charge in [-0.2, -0.15) is 0 Å². The van der Waals surface area contributed by atoms with E-state index in [0.29, 0.717) is 0 Å². The summed E-state index contributed by atoms with van der Waals surface area (Å²) in [5.74, 6) is 0. The molecule has 13 rings (SSSR count). The van der Waals surface area contributed by atoms with Crippen molar-refractivity contribution < 1.29 is 0 Å². The Labute approximate surface area is 513 Å². The van der Waals surface area contributed by atoms with Crippen LogP contribution in [0.25, 0.3) is 11.1 Å². The fraction of sp³-hybridized carbons (Fsp3) is 0.400. The Balaban J connectivity index is 1.17. The molecule has 85 heavy (non-hydrogen) atoms. The lowest BCUT2D eigenvalue weighted by Crippen LogP contribution is -2.61. The van der Waals surface area contributed by atoms with Crippen molar-refractivity contribution in [3.63, 3.8) is 0 Å². The third-order valence-electron chi connectivity index (χ3n) is 20.9. The first-order valence-corrected chi connectivity index (χ1v) is 32.0. The Morgan fingerprint density at radius 2 is 0.906 bits per heavy atom. The molecule has 3 aliphatic heterocycles. The number of rotatable bonds is 5. The van der Waals surface area contributed by atoms with Crippen molar-refractivity contribution in [3.8, 4) is 11.1 Å². The maximum absolute atomic E-state index is 2.77. The molecule has 5 aliphatic rings. The third kappa shape index (κ3) is 9.11. The van der Waals surface area contributed by atoms with Crippen molar-refractivity contribution in [3.05, 3.63) is 190 Å². The van der Waals surface area contributed by atoms with E-state index in [4.69, 9.17) is 0 Å². The van der Waals surface area contributed by atoms with Crippen molar-refractivity contribution in [2.24, 2.45) is 0 Å². The molecule has 0 bridgehead atoms. The highest BCUT2D eigenvalue weighted by Crippen LogP contribution is 2.56. The highest BCUT2D eigenvalue weighted by Gasteiger charge is 2.50. The molecule has 5 heteroatoms. The lowest BCUT2D eigenvalue weighted by atomic mass is 9.33. The van der Waals surface area contributed by atoms with Crippen LogP contribution in [0, 0.1) is 6.92 Å². The van der Waals surface area contributed by atoms with Gasteiger partial charge in [0.05, 0.1) is 5.69 Å². The van der Waals surface area contributed by atoms with Gasteiger partial charge in [-0.3, -0.25) is 0 Å². The average Bonchev–Trinajstić information content (AvgIpc) is 1.52. The van der Waals surface area contributed by atoms with Crippen LogP contribution in [-0.2, 0) is 43.3 Å². The molecule has 3 nitrogen and oxygen atoms in total. The number of hydrogen-bond donors (Lipinski definition) is 0. The summed E-state index contributed by atoms with van der Waals surface area (Å²) >= 11 is 0. The molecule has 0 saturated heterocycles. The van der Waals surface area contributed by atoms with Crippen molar-refractivity contribution >= 4 is 92.5 Å². The Morgan fingerprint density at radius 3 is 1.46 bits per heavy atom. The molecule has 8 aromatic carbocycles. The minimum absolute atomic E-state index is 0.00214. The molecule has 0 aromatic heterocycles. The van der Waals surface area contributed by atoms with Crippen molar-refractivity contribution in [2.75, 3.05) is 14.7 Å². The van der Waals surface area contributed by atoms with Crippen molar-refractivity contribution in [2.45, 2.75) is 208 Å². The summed E-state index contributed by atoms with van der Waals surface area (Å²) < 4.78 is 0. The van der Waals surface area contributed by atoms with Gasteiger partial charge < -0.3 is 14.7 Å². The largest absolute Gasteiger partial charge is 0.311 e. The summed E-state index contributed by atoms with van der Waals surface area (Å²) in [5, 5.41) is 0. The minimum Gasteiger partial charge on any atom is -0.311 e. The van der Waals surface area contributed by atoms with Crippen LogP contribution >= 0.6 is 0 Å². The highest BCUT2D eigenvalue weighted by molar-refractivity contribution is 7.00. The predicted molar refractivity (Wildman–Crippen MR) is 371 cm³/mol. The van der Waals surface area contributed by atoms with E-state index in [0.717, 1.165) is 29.9 Å². The zero-order valence-corrected chi connectivity index (χ0v) is 55.4. The number of benzene rings is 8. The maximum atomic E-state index is 2.77. The van der Waals surface area contributed by atoms with Crippen molar-refractivity contribution in [1.29, 1.82) is 0 Å². The van der Waals surface area contributed by atoms with E-state index < -0.39 is 0 Å². The molecule has 0 amide bonds. The fourth-order valence-electron chi connectivity index (χ4n) is 16.0. The van der Waals surface area contributed by atoms with Crippen LogP contribution in [0.15, 0.2) is 140 Å². The number of nitrogens with zero attached hydrogens (tertiary/aromatic N) is 3. The Kier molecular flexibility index (Phi) is 12.6. The van der Waals surface area contributed by atoms with Crippen LogP contribution < -0.4 is 42.0 Å². The first-order valence-electron chi connectivity index (χ1n) is 32.0. The molecule has 8 aromatic rings. The van der Waals surface area contributed by atoms with Gasteiger partial charge in [0, 0.05) is 45.5 Å². The van der Waals surface area contributed by atoms with E-state index in [9.17, 15) is 0 Å². The Hall–Kier alpha value is -6.71. The molecule has 1 radical (unpaired) electrons. The quantitative estimate of drug-likeness (QED) is 0.159. The fourth-order valence-corrected chi connectivity index (χ4v) is 16.0. The Morgan fingerprint density at radius 1 is 0.424 bits per heavy atom. The van der Waals surface area contributed by atoms with Crippen LogP contribution in [0.5, 0.6) is 0 Å². The van der Waals surface area contributed by atoms with Gasteiger partial charge in [0.2, 0.25) is 0 Å². The SMILES string of the molecule is Cc1cc2c(cc1N1c3cc4c(cc3B3c5ccc(N(c6ccc(C(C)(C)C)cc6)c6ccc(C(C)(C)C)cc6)cc5N(c5ccc(C(C)(C)C)c6c5-c5ccccc5[B]6)c5cc(C(C)(C)C)cc1c53)C(C)(C)CC4(C)C)C(C)(C)CCC2(C)C. The van der Waals surface area contributed by atoms with Crippen LogP contribution in [0.2, 0.25) is 0 Å². The second-order valence-electron chi connectivity index (χ2n) is 33.2. The van der Waals surface area contributed by atoms with Crippen LogP contribution in [0.1, 0.15) is 208 Å². The molecular formula is C80H92B2N3. The first-order chi connectivity index (χ1) is 39.5. The van der Waals surface area contributed by atoms with Gasteiger partial charge in [-0.25, -0.2) is 0 Å². The summed E-state index contributed by atoms with van der Waals surface area (Å²) in [7, 11) is 2.48. The van der Waals surface area contributed by atoms with E-state index in [2.05, 4.69) is 307 Å². The number of anilines is 9. The van der Waals surface area contributed by atoms with Gasteiger partial charge in [0.25, 0.3) is 6.71 Å². The third-order valence-corrected chi connectivity index (χ3v) is 20.9. The van der Waals surface area contributed by atoms with Gasteiger partial charge in [0.15, 0.2) is 7.28 Å². The van der Waals surface area contributed by atoms with Gasteiger partial charge in [-0.1, -0.05) is 222 Å². The molecule has 0 atom stereocenters. The molecule has 0 fully saturated rings. The zero-order chi connectivity index (χ0) is 60.8. The monoisotopic (exact) mass is 1120 g/mol. The minimum atomic E-state index is -0.185. The second kappa shape index (κ2) is 18.7. The highest BCUT2D eigenvalue weighted by atomic mass is 15.2. The molecule has 2 aliphatic carbocycles. The lowest BCUT2D eigenvalue weighted by Gasteiger charge is -2.47. The molecule has 433 valence electrons. The maximum Gasteiger partial charge on any atom is 0.252 e. The molecule has 0 N–H and O–H groups in total. The number of fused-ring (bicyclic) bond motifs is 9. The standard InChI is InChI=1S/C80H92B2N3/c1-48-40-57-59(78(16,17)39-38-77(57,14)15)45-65(48)85-67-46-60-58(79(18,19)47-80(60,20)21)44-63(67)82-62-36-34-54(83(52-30-26-49(27-31-52)73(2,3)4)53-32-28-50(29-33-53)74(5,6)7)43-66(62)84(68-41-51(75(8,9)10)42-69(85)72(68)82)64-37-35-56(76(11,12)13)71-70(64)55-24-22-23-25-61(55)81-71/h22-37,40-46H,38-39,47H2,1-21H3. The smallest absolute Gasteiger partial charge is 0.252 e. The molecule has 3 heterocycles. The normalized spacial score (nSPS) is 17.5. The summed E-state index contributed by atoms with van der Waals surface area (Å²) in [6.07, 6.45) is 3.44. The second-order valence-corrected chi connectivity index (χ2v) is 33.2. The topological polar surface area (TPSA) is 9.72 Å². The average molecular weight is 1120 g/mol. The molecule has 0 spiro atoms. The van der Waals surface area contributed by atoms with E-state index in [1.54, 1.807) is 0 Å². The van der Waals surface area contributed by atoms with Crippen molar-refractivity contribution in [1.82, 2.24) is 0 Å². The summed E-state index contributed by atoms with van der Waals surface area (Å²) in [6.45, 7) is 50.5. The van der Waals surface area contributed by atoms with Crippen LogP contribution in [-0.4, -0.2) is 14.0 Å². The van der Waals surface area contributed by atoms with Crippen LogP contribution in [0.3, 0.4) is 0 Å². The van der Waals surface area contributed by atoms with E-state index in [1.165, 1.54) is 129 Å². The summed E-state index contributed by atoms with van der Waals surface area (Å²) in [5.41, 5.74) is 32.8. The van der Waals surface area contributed by atoms with Crippen LogP contribution in [0.4, 0.5) is 51.2 Å². The van der Waals surface area contributed by atoms with Gasteiger partial charge in [-0.15, -0.1) is 0 Å². The van der Waals surface area contributed by atoms with E-state index in [-0.39, 0.29) is 50.0 Å². The van der Waals surface area contributed by atoms with Gasteiger partial charge >= 0.3 is 0 Å². The van der Waals surface area contributed by atoms with Gasteiger partial charge in [0.1, 0.15) is 0 Å². The molecule has 0 saturated carbocycles. The van der Waals surface area contributed by atoms with Gasteiger partial charge in [-0.05, 0) is 214 Å². The Bertz CT molecular complexity index is 4010. The molecule has 0 unspecified atom stereocenters. The number of aryl methyl sites for hydroxylation is 1. The zero-order valence-electron chi connectivity index (χ0n) is 55.4. The van der Waals surface area contributed by atoms with E-state index in [1.807, 2.05) is 0 Å².